The quantitative estimate of drug-likeness (QED) is 0.0343. The molecule has 0 aliphatic heterocycles. The molecule has 2 atom stereocenters. The van der Waals surface area contributed by atoms with E-state index in [0.29, 0.717) is 19.3 Å². The summed E-state index contributed by atoms with van der Waals surface area (Å²) >= 11 is 0. The van der Waals surface area contributed by atoms with Gasteiger partial charge in [0.25, 0.3) is 0 Å². The molecule has 0 saturated carbocycles. The fourth-order valence-electron chi connectivity index (χ4n) is 9.73. The first-order chi connectivity index (χ1) is 33.8. The van der Waals surface area contributed by atoms with Gasteiger partial charge in [-0.15, -0.1) is 0 Å². The standard InChI is InChI=1S/C63H122O6/c1-6-8-9-10-11-12-26-33-38-43-48-53-61(64)67-56-60(69-63(66)55-50-45-40-35-30-25-21-17-18-22-27-31-36-41-46-51-58(3)4)57-68-62(65)54-49-44-39-34-29-24-20-16-14-13-15-19-23-28-32-37-42-47-52-59(5)7-2/h58-60H,6-57H2,1-5H3/t59?,60-/m1/s1. The van der Waals surface area contributed by atoms with Crippen LogP contribution in [0, 0.1) is 11.8 Å². The molecule has 0 aromatic heterocycles. The maximum atomic E-state index is 12.9. The van der Waals surface area contributed by atoms with Crippen molar-refractivity contribution in [2.45, 2.75) is 362 Å². The van der Waals surface area contributed by atoms with Crippen LogP contribution in [0.15, 0.2) is 0 Å². The van der Waals surface area contributed by atoms with E-state index in [4.69, 9.17) is 14.2 Å². The molecule has 0 spiro atoms. The molecule has 410 valence electrons. The molecular weight excluding hydrogens is 853 g/mol. The van der Waals surface area contributed by atoms with Gasteiger partial charge in [0, 0.05) is 19.3 Å². The van der Waals surface area contributed by atoms with Gasteiger partial charge in [0.1, 0.15) is 13.2 Å². The van der Waals surface area contributed by atoms with Gasteiger partial charge in [-0.3, -0.25) is 14.4 Å². The zero-order valence-corrected chi connectivity index (χ0v) is 47.5. The predicted molar refractivity (Wildman–Crippen MR) is 298 cm³/mol. The van der Waals surface area contributed by atoms with Crippen LogP contribution >= 0.6 is 0 Å². The molecule has 0 amide bonds. The molecule has 0 heterocycles. The number of unbranched alkanes of at least 4 members (excludes halogenated alkanes) is 41. The summed E-state index contributed by atoms with van der Waals surface area (Å²) in [6.45, 7) is 11.5. The van der Waals surface area contributed by atoms with Crippen LogP contribution in [0.1, 0.15) is 356 Å². The second kappa shape index (κ2) is 55.7. The van der Waals surface area contributed by atoms with E-state index >= 15 is 0 Å². The Morgan fingerprint density at radius 1 is 0.304 bits per heavy atom. The summed E-state index contributed by atoms with van der Waals surface area (Å²) in [6.07, 6.45) is 61.0. The zero-order chi connectivity index (χ0) is 50.4. The van der Waals surface area contributed by atoms with E-state index < -0.39 is 6.10 Å². The lowest BCUT2D eigenvalue weighted by atomic mass is 9.99. The zero-order valence-electron chi connectivity index (χ0n) is 47.5. The number of rotatable bonds is 57. The lowest BCUT2D eigenvalue weighted by molar-refractivity contribution is -0.167. The summed E-state index contributed by atoms with van der Waals surface area (Å²) < 4.78 is 16.9. The highest BCUT2D eigenvalue weighted by molar-refractivity contribution is 5.71. The second-order valence-electron chi connectivity index (χ2n) is 22.4. The van der Waals surface area contributed by atoms with Crippen LogP contribution in [-0.4, -0.2) is 37.2 Å². The van der Waals surface area contributed by atoms with Gasteiger partial charge >= 0.3 is 17.9 Å². The molecule has 0 aliphatic rings. The smallest absolute Gasteiger partial charge is 0.306 e. The lowest BCUT2D eigenvalue weighted by Crippen LogP contribution is -2.30. The maximum Gasteiger partial charge on any atom is 0.306 e. The summed E-state index contributed by atoms with van der Waals surface area (Å²) in [7, 11) is 0. The Kier molecular flexibility index (Phi) is 54.4. The van der Waals surface area contributed by atoms with E-state index in [1.807, 2.05) is 0 Å². The van der Waals surface area contributed by atoms with Gasteiger partial charge in [-0.2, -0.15) is 0 Å². The molecule has 0 aromatic carbocycles. The van der Waals surface area contributed by atoms with E-state index in [9.17, 15) is 14.4 Å². The third-order valence-corrected chi connectivity index (χ3v) is 14.8. The first-order valence-corrected chi connectivity index (χ1v) is 31.3. The minimum Gasteiger partial charge on any atom is -0.462 e. The summed E-state index contributed by atoms with van der Waals surface area (Å²) in [4.78, 5) is 38.2. The molecule has 0 N–H and O–H groups in total. The van der Waals surface area contributed by atoms with Gasteiger partial charge < -0.3 is 14.2 Å². The van der Waals surface area contributed by atoms with Gasteiger partial charge in [0.2, 0.25) is 0 Å². The molecule has 0 fully saturated rings. The second-order valence-corrected chi connectivity index (χ2v) is 22.4. The topological polar surface area (TPSA) is 78.9 Å². The van der Waals surface area contributed by atoms with Gasteiger partial charge in [-0.1, -0.05) is 317 Å². The van der Waals surface area contributed by atoms with Crippen molar-refractivity contribution in [2.24, 2.45) is 11.8 Å². The van der Waals surface area contributed by atoms with Crippen LogP contribution in [0.2, 0.25) is 0 Å². The minimum atomic E-state index is -0.763. The summed E-state index contributed by atoms with van der Waals surface area (Å²) in [6, 6.07) is 0. The number of carbonyl (C=O) groups excluding carboxylic acids is 3. The van der Waals surface area contributed by atoms with Gasteiger partial charge in [0.15, 0.2) is 6.10 Å². The largest absolute Gasteiger partial charge is 0.462 e. The predicted octanol–water partition coefficient (Wildman–Crippen LogP) is 20.8. The molecule has 0 aromatic rings. The van der Waals surface area contributed by atoms with E-state index in [-0.39, 0.29) is 31.1 Å². The van der Waals surface area contributed by atoms with Crippen LogP contribution in [-0.2, 0) is 28.6 Å². The Morgan fingerprint density at radius 3 is 0.826 bits per heavy atom. The Morgan fingerprint density at radius 2 is 0.551 bits per heavy atom. The van der Waals surface area contributed by atoms with Crippen molar-refractivity contribution in [1.29, 1.82) is 0 Å². The number of esters is 3. The monoisotopic (exact) mass is 975 g/mol. The number of ether oxygens (including phenoxy) is 3. The Labute approximate surface area is 431 Å². The van der Waals surface area contributed by atoms with Crippen LogP contribution in [0.5, 0.6) is 0 Å². The number of hydrogen-bond donors (Lipinski definition) is 0. The van der Waals surface area contributed by atoms with Crippen LogP contribution in [0.25, 0.3) is 0 Å². The molecule has 6 nitrogen and oxygen atoms in total. The average Bonchev–Trinajstić information content (AvgIpc) is 3.34. The van der Waals surface area contributed by atoms with E-state index in [1.54, 1.807) is 0 Å². The van der Waals surface area contributed by atoms with E-state index in [0.717, 1.165) is 69.6 Å². The highest BCUT2D eigenvalue weighted by atomic mass is 16.6. The Hall–Kier alpha value is -1.59. The minimum absolute atomic E-state index is 0.0620. The fourth-order valence-corrected chi connectivity index (χ4v) is 9.73. The average molecular weight is 976 g/mol. The van der Waals surface area contributed by atoms with Crippen molar-refractivity contribution < 1.29 is 28.6 Å². The number of hydrogen-bond acceptors (Lipinski definition) is 6. The third kappa shape index (κ3) is 55.6. The Bertz CT molecular complexity index is 1060. The molecule has 1 unspecified atom stereocenters. The summed E-state index contributed by atoms with van der Waals surface area (Å²) in [5.74, 6) is 0.923. The lowest BCUT2D eigenvalue weighted by Gasteiger charge is -2.18. The molecule has 0 radical (unpaired) electrons. The van der Waals surface area contributed by atoms with Crippen molar-refractivity contribution >= 4 is 17.9 Å². The van der Waals surface area contributed by atoms with Crippen LogP contribution in [0.3, 0.4) is 0 Å². The van der Waals surface area contributed by atoms with Crippen LogP contribution in [0.4, 0.5) is 0 Å². The van der Waals surface area contributed by atoms with Crippen molar-refractivity contribution in [3.05, 3.63) is 0 Å². The van der Waals surface area contributed by atoms with Gasteiger partial charge in [-0.05, 0) is 31.1 Å². The molecule has 0 bridgehead atoms. The third-order valence-electron chi connectivity index (χ3n) is 14.8. The summed E-state index contributed by atoms with van der Waals surface area (Å²) in [5.41, 5.74) is 0. The molecule has 0 aliphatic carbocycles. The normalized spacial score (nSPS) is 12.4. The van der Waals surface area contributed by atoms with Crippen molar-refractivity contribution in [3.8, 4) is 0 Å². The van der Waals surface area contributed by atoms with Gasteiger partial charge in [0.05, 0.1) is 0 Å². The first kappa shape index (κ1) is 67.4. The molecular formula is C63H122O6. The SMILES string of the molecule is CCCCCCCCCCCCCC(=O)OC[C@H](COC(=O)CCCCCCCCCCCCCCCCCCCCC(C)CC)OC(=O)CCCCCCCCCCCCCCCCCC(C)C. The highest BCUT2D eigenvalue weighted by Gasteiger charge is 2.19. The van der Waals surface area contributed by atoms with E-state index in [1.165, 1.54) is 244 Å². The molecule has 0 saturated heterocycles. The molecule has 0 rings (SSSR count). The summed E-state index contributed by atoms with van der Waals surface area (Å²) in [5, 5.41) is 0. The Balaban J connectivity index is 4.21. The highest BCUT2D eigenvalue weighted by Crippen LogP contribution is 2.19. The molecule has 6 heteroatoms. The van der Waals surface area contributed by atoms with Crippen LogP contribution < -0.4 is 0 Å². The van der Waals surface area contributed by atoms with Gasteiger partial charge in [-0.25, -0.2) is 0 Å². The fraction of sp³-hybridized carbons (Fsp3) is 0.952. The van der Waals surface area contributed by atoms with Crippen molar-refractivity contribution in [1.82, 2.24) is 0 Å². The van der Waals surface area contributed by atoms with Crippen molar-refractivity contribution in [2.75, 3.05) is 13.2 Å². The van der Waals surface area contributed by atoms with Crippen molar-refractivity contribution in [3.63, 3.8) is 0 Å². The maximum absolute atomic E-state index is 12.9. The first-order valence-electron chi connectivity index (χ1n) is 31.3. The number of carbonyl (C=O) groups is 3. The molecule has 69 heavy (non-hydrogen) atoms. The van der Waals surface area contributed by atoms with E-state index in [2.05, 4.69) is 34.6 Å².